The van der Waals surface area contributed by atoms with E-state index >= 15 is 0 Å². The van der Waals surface area contributed by atoms with Gasteiger partial charge in [-0.15, -0.1) is 11.3 Å². The van der Waals surface area contributed by atoms with Gasteiger partial charge in [-0.2, -0.15) is 0 Å². The molecule has 0 saturated carbocycles. The number of aromatic amines is 1. The Kier molecular flexibility index (Phi) is 4.92. The molecular weight excluding hydrogens is 302 g/mol. The highest BCUT2D eigenvalue weighted by Crippen LogP contribution is 2.19. The number of aromatic nitrogens is 1. The summed E-state index contributed by atoms with van der Waals surface area (Å²) in [6, 6.07) is 3.69. The van der Waals surface area contributed by atoms with Gasteiger partial charge in [0.2, 0.25) is 5.78 Å². The molecule has 0 aliphatic rings. The van der Waals surface area contributed by atoms with E-state index < -0.39 is 5.97 Å². The molecule has 2 rings (SSSR count). The zero-order chi connectivity index (χ0) is 16.3. The average Bonchev–Trinajstić information content (AvgIpc) is 3.04. The molecule has 5 nitrogen and oxygen atoms in total. The summed E-state index contributed by atoms with van der Waals surface area (Å²) in [5.41, 5.74) is 2.10. The molecule has 6 heteroatoms. The first-order chi connectivity index (χ1) is 10.4. The lowest BCUT2D eigenvalue weighted by molar-refractivity contribution is -0.141. The molecule has 1 N–H and O–H groups in total. The fourth-order valence-electron chi connectivity index (χ4n) is 2.38. The maximum absolute atomic E-state index is 12.1. The molecule has 2 aromatic heterocycles. The summed E-state index contributed by atoms with van der Waals surface area (Å²) in [5, 5.41) is 1.88. The molecule has 2 aromatic rings. The number of hydrogen-bond acceptors (Lipinski definition) is 5. The van der Waals surface area contributed by atoms with Crippen LogP contribution in [0.5, 0.6) is 0 Å². The van der Waals surface area contributed by atoms with E-state index in [1.807, 2.05) is 17.5 Å². The Bertz CT molecular complexity index is 713. The van der Waals surface area contributed by atoms with Crippen LogP contribution in [0.4, 0.5) is 0 Å². The highest BCUT2D eigenvalue weighted by atomic mass is 32.1. The van der Waals surface area contributed by atoms with Crippen molar-refractivity contribution in [3.63, 3.8) is 0 Å². The van der Waals surface area contributed by atoms with Gasteiger partial charge in [-0.25, -0.2) is 0 Å². The molecule has 0 saturated heterocycles. The Morgan fingerprint density at radius 1 is 1.27 bits per heavy atom. The molecule has 0 unspecified atom stereocenters. The van der Waals surface area contributed by atoms with Gasteiger partial charge in [0.05, 0.1) is 12.1 Å². The van der Waals surface area contributed by atoms with Crippen molar-refractivity contribution in [1.82, 2.24) is 4.98 Å². The summed E-state index contributed by atoms with van der Waals surface area (Å²) in [6.07, 6.45) is 0.159. The van der Waals surface area contributed by atoms with Gasteiger partial charge in [-0.1, -0.05) is 6.07 Å². The minimum absolute atomic E-state index is 0.0972. The van der Waals surface area contributed by atoms with E-state index in [1.54, 1.807) is 13.8 Å². The van der Waals surface area contributed by atoms with Crippen LogP contribution in [0.15, 0.2) is 17.5 Å². The maximum Gasteiger partial charge on any atom is 0.311 e. The van der Waals surface area contributed by atoms with Gasteiger partial charge >= 0.3 is 5.97 Å². The smallest absolute Gasteiger partial charge is 0.311 e. The van der Waals surface area contributed by atoms with Crippen molar-refractivity contribution >= 4 is 28.9 Å². The van der Waals surface area contributed by atoms with Crippen LogP contribution in [0.3, 0.4) is 0 Å². The Hall–Kier alpha value is -2.21. The molecule has 0 fully saturated rings. The molecule has 0 aliphatic heterocycles. The number of carbonyl (C=O) groups is 3. The number of carbonyl (C=O) groups excluding carboxylic acids is 3. The first-order valence-electron chi connectivity index (χ1n) is 6.81. The molecule has 0 spiro atoms. The third-order valence-electron chi connectivity index (χ3n) is 3.33. The number of nitrogens with one attached hydrogen (secondary N) is 1. The third kappa shape index (κ3) is 3.51. The predicted molar refractivity (Wildman–Crippen MR) is 83.6 cm³/mol. The lowest BCUT2D eigenvalue weighted by Gasteiger charge is -2.03. The first-order valence-corrected chi connectivity index (χ1v) is 7.69. The molecule has 0 aliphatic carbocycles. The van der Waals surface area contributed by atoms with Crippen molar-refractivity contribution in [1.29, 1.82) is 0 Å². The second-order valence-corrected chi connectivity index (χ2v) is 6.05. The predicted octanol–water partition coefficient (Wildman–Crippen LogP) is 2.86. The van der Waals surface area contributed by atoms with Crippen LogP contribution >= 0.6 is 11.3 Å². The number of thiophene rings is 1. The fraction of sp³-hybridized carbons (Fsp3) is 0.312. The molecule has 22 heavy (non-hydrogen) atoms. The number of hydrogen-bond donors (Lipinski definition) is 1. The van der Waals surface area contributed by atoms with Gasteiger partial charge in [-0.05, 0) is 37.8 Å². The molecule has 2 heterocycles. The van der Waals surface area contributed by atoms with E-state index in [2.05, 4.69) is 4.98 Å². The zero-order valence-corrected chi connectivity index (χ0v) is 13.5. The van der Waals surface area contributed by atoms with Gasteiger partial charge in [0.15, 0.2) is 12.4 Å². The minimum Gasteiger partial charge on any atom is -0.457 e. The summed E-state index contributed by atoms with van der Waals surface area (Å²) in [7, 11) is 0. The molecule has 0 amide bonds. The number of ether oxygens (including phenoxy) is 1. The summed E-state index contributed by atoms with van der Waals surface area (Å²) >= 11 is 1.46. The van der Waals surface area contributed by atoms with Gasteiger partial charge < -0.3 is 9.72 Å². The van der Waals surface area contributed by atoms with E-state index in [4.69, 9.17) is 4.74 Å². The summed E-state index contributed by atoms with van der Waals surface area (Å²) in [4.78, 5) is 39.2. The summed E-state index contributed by atoms with van der Waals surface area (Å²) < 4.78 is 5.01. The lowest BCUT2D eigenvalue weighted by Crippen LogP contribution is -2.16. The number of esters is 1. The summed E-state index contributed by atoms with van der Waals surface area (Å²) in [5.74, 6) is -0.879. The zero-order valence-electron chi connectivity index (χ0n) is 12.7. The van der Waals surface area contributed by atoms with Crippen LogP contribution in [0.25, 0.3) is 0 Å². The molecular formula is C16H17NO4S. The standard InChI is InChI=1S/C16H17NO4S/c1-9-15(11(3)18)10(2)17-16(9)13(19)8-21-14(20)7-12-5-4-6-22-12/h4-6,17H,7-8H2,1-3H3. The van der Waals surface area contributed by atoms with Crippen LogP contribution < -0.4 is 0 Å². The maximum atomic E-state index is 12.1. The van der Waals surface area contributed by atoms with Crippen molar-refractivity contribution in [3.05, 3.63) is 44.9 Å². The number of Topliss-reactive ketones (excluding diaryl/α,β-unsaturated/α-hetero) is 2. The van der Waals surface area contributed by atoms with Crippen LogP contribution in [0, 0.1) is 13.8 Å². The van der Waals surface area contributed by atoms with Crippen molar-refractivity contribution in [2.75, 3.05) is 6.61 Å². The SMILES string of the molecule is CC(=O)c1c(C)[nH]c(C(=O)COC(=O)Cc2cccs2)c1C. The van der Waals surface area contributed by atoms with Crippen molar-refractivity contribution < 1.29 is 19.1 Å². The normalized spacial score (nSPS) is 10.5. The minimum atomic E-state index is -0.441. The molecule has 0 bridgehead atoms. The fourth-order valence-corrected chi connectivity index (χ4v) is 3.07. The number of rotatable bonds is 6. The molecule has 0 atom stereocenters. The molecule has 0 radical (unpaired) electrons. The third-order valence-corrected chi connectivity index (χ3v) is 4.21. The van der Waals surface area contributed by atoms with E-state index in [9.17, 15) is 14.4 Å². The van der Waals surface area contributed by atoms with Gasteiger partial charge in [0.25, 0.3) is 0 Å². The average molecular weight is 319 g/mol. The Labute approximate surface area is 132 Å². The van der Waals surface area contributed by atoms with E-state index in [0.29, 0.717) is 22.5 Å². The largest absolute Gasteiger partial charge is 0.457 e. The highest BCUT2D eigenvalue weighted by Gasteiger charge is 2.20. The van der Waals surface area contributed by atoms with E-state index in [-0.39, 0.29) is 24.6 Å². The highest BCUT2D eigenvalue weighted by molar-refractivity contribution is 7.10. The lowest BCUT2D eigenvalue weighted by atomic mass is 10.1. The number of ketones is 2. The first kappa shape index (κ1) is 16.2. The van der Waals surface area contributed by atoms with Crippen molar-refractivity contribution in [2.45, 2.75) is 27.2 Å². The molecule has 116 valence electrons. The van der Waals surface area contributed by atoms with Crippen molar-refractivity contribution in [2.24, 2.45) is 0 Å². The van der Waals surface area contributed by atoms with Crippen molar-refractivity contribution in [3.8, 4) is 0 Å². The Morgan fingerprint density at radius 3 is 2.55 bits per heavy atom. The number of H-pyrrole nitrogens is 1. The Morgan fingerprint density at radius 2 is 2.00 bits per heavy atom. The van der Waals surface area contributed by atoms with Crippen LogP contribution in [-0.4, -0.2) is 29.1 Å². The Balaban J connectivity index is 1.99. The number of aryl methyl sites for hydroxylation is 1. The van der Waals surface area contributed by atoms with Gasteiger partial charge in [0, 0.05) is 16.1 Å². The monoisotopic (exact) mass is 319 g/mol. The van der Waals surface area contributed by atoms with Crippen LogP contribution in [0.2, 0.25) is 0 Å². The quantitative estimate of drug-likeness (QED) is 0.656. The topological polar surface area (TPSA) is 76.2 Å². The van der Waals surface area contributed by atoms with E-state index in [1.165, 1.54) is 18.3 Å². The second kappa shape index (κ2) is 6.70. The van der Waals surface area contributed by atoms with Crippen LogP contribution in [-0.2, 0) is 16.0 Å². The van der Waals surface area contributed by atoms with Crippen LogP contribution in [0.1, 0.15) is 43.9 Å². The second-order valence-electron chi connectivity index (χ2n) is 5.02. The van der Waals surface area contributed by atoms with Gasteiger partial charge in [-0.3, -0.25) is 14.4 Å². The van der Waals surface area contributed by atoms with Gasteiger partial charge in [0.1, 0.15) is 0 Å². The molecule has 0 aromatic carbocycles. The van der Waals surface area contributed by atoms with E-state index in [0.717, 1.165) is 4.88 Å². The summed E-state index contributed by atoms with van der Waals surface area (Å²) in [6.45, 7) is 4.57.